The first kappa shape index (κ1) is 29.1. The largest absolute Gasteiger partial charge is 0.416 e. The molecule has 0 saturated heterocycles. The van der Waals surface area contributed by atoms with Crippen LogP contribution in [0.1, 0.15) is 28.4 Å². The molecule has 0 bridgehead atoms. The van der Waals surface area contributed by atoms with Crippen molar-refractivity contribution in [2.75, 3.05) is 16.6 Å². The molecular formula is C25H20F5N7O3S. The number of hydrogen-bond donors (Lipinski definition) is 4. The van der Waals surface area contributed by atoms with Gasteiger partial charge in [0.2, 0.25) is 5.78 Å². The first-order valence-corrected chi connectivity index (χ1v) is 13.1. The summed E-state index contributed by atoms with van der Waals surface area (Å²) in [5.74, 6) is -3.98. The van der Waals surface area contributed by atoms with E-state index in [9.17, 15) is 30.8 Å². The normalized spacial score (nSPS) is 12.7. The molecule has 2 heterocycles. The van der Waals surface area contributed by atoms with Gasteiger partial charge >= 0.3 is 6.18 Å². The van der Waals surface area contributed by atoms with Crippen LogP contribution in [0.3, 0.4) is 0 Å². The fraction of sp³-hybridized carbons (Fsp3) is 0.120. The number of carbonyl (C=O) groups is 1. The van der Waals surface area contributed by atoms with E-state index in [1.807, 2.05) is 4.72 Å². The number of halogens is 5. The molecule has 10 nitrogen and oxygen atoms in total. The number of H-pyrrole nitrogens is 1. The van der Waals surface area contributed by atoms with Crippen LogP contribution in [0.25, 0.3) is 11.0 Å². The average Bonchev–Trinajstić information content (AvgIpc) is 3.37. The summed E-state index contributed by atoms with van der Waals surface area (Å²) < 4.78 is 96.2. The number of benzene rings is 2. The highest BCUT2D eigenvalue weighted by atomic mass is 32.2. The lowest BCUT2D eigenvalue weighted by Crippen LogP contribution is -2.17. The van der Waals surface area contributed by atoms with E-state index in [-0.39, 0.29) is 22.4 Å². The van der Waals surface area contributed by atoms with E-state index < -0.39 is 55.3 Å². The monoisotopic (exact) mass is 593 g/mol. The standard InChI is InChI=1S/C25H20F5N7O3S/c1-2-32-10-14(9-31)36-24-19-16(11-33-23(19)34-12-35-24)22(38)20-17(26)7-8-18(21(20)27)37-41(39,40)15-5-3-13(4-6-15)25(28,29)30/h3-12,37H,2,31H2,1H3,(H2,33,34,35,36). The quantitative estimate of drug-likeness (QED) is 0.126. The number of nitrogens with two attached hydrogens (primary N) is 1. The van der Waals surface area contributed by atoms with E-state index in [2.05, 4.69) is 25.3 Å². The molecule has 0 unspecified atom stereocenters. The number of nitrogens with one attached hydrogen (secondary N) is 3. The lowest BCUT2D eigenvalue weighted by Gasteiger charge is -2.13. The molecule has 2 aromatic carbocycles. The number of ketones is 1. The zero-order valence-electron chi connectivity index (χ0n) is 20.9. The number of fused-ring (bicyclic) bond motifs is 1. The summed E-state index contributed by atoms with van der Waals surface area (Å²) in [5, 5.41) is 2.91. The summed E-state index contributed by atoms with van der Waals surface area (Å²) in [4.78, 5) is 27.6. The molecule has 0 atom stereocenters. The maximum atomic E-state index is 15.5. The smallest absolute Gasteiger partial charge is 0.403 e. The third-order valence-corrected chi connectivity index (χ3v) is 7.01. The Kier molecular flexibility index (Phi) is 8.05. The van der Waals surface area contributed by atoms with Crippen LogP contribution in [0.5, 0.6) is 0 Å². The Morgan fingerprint density at radius 1 is 1.12 bits per heavy atom. The molecule has 4 rings (SSSR count). The fourth-order valence-electron chi connectivity index (χ4n) is 3.68. The lowest BCUT2D eigenvalue weighted by molar-refractivity contribution is -0.137. The Bertz CT molecular complexity index is 1780. The number of nitrogens with zero attached hydrogens (tertiary/aromatic N) is 3. The number of hydrogen-bond acceptors (Lipinski definition) is 8. The summed E-state index contributed by atoms with van der Waals surface area (Å²) in [6, 6.07) is 3.83. The maximum Gasteiger partial charge on any atom is 0.416 e. The molecule has 4 aromatic rings. The van der Waals surface area contributed by atoms with Crippen molar-refractivity contribution in [3.63, 3.8) is 0 Å². The summed E-state index contributed by atoms with van der Waals surface area (Å²) in [5.41, 5.74) is 2.77. The van der Waals surface area contributed by atoms with E-state index in [0.29, 0.717) is 42.6 Å². The maximum absolute atomic E-state index is 15.5. The number of alkyl halides is 3. The molecule has 5 N–H and O–H groups in total. The third-order valence-electron chi connectivity index (χ3n) is 5.62. The van der Waals surface area contributed by atoms with Crippen LogP contribution in [0.15, 0.2) is 70.7 Å². The van der Waals surface area contributed by atoms with Gasteiger partial charge in [0, 0.05) is 25.2 Å². The fourth-order valence-corrected chi connectivity index (χ4v) is 4.74. The van der Waals surface area contributed by atoms with E-state index in [4.69, 9.17) is 5.73 Å². The zero-order chi connectivity index (χ0) is 29.9. The Labute approximate surface area is 229 Å². The molecule has 2 aromatic heterocycles. The van der Waals surface area contributed by atoms with Crippen molar-refractivity contribution in [3.8, 4) is 0 Å². The Morgan fingerprint density at radius 2 is 1.83 bits per heavy atom. The summed E-state index contributed by atoms with van der Waals surface area (Å²) >= 11 is 0. The molecule has 16 heteroatoms. The van der Waals surface area contributed by atoms with Crippen LogP contribution in [0, 0.1) is 11.6 Å². The number of carbonyl (C=O) groups excluding carboxylic acids is 1. The Morgan fingerprint density at radius 3 is 2.46 bits per heavy atom. The average molecular weight is 594 g/mol. The highest BCUT2D eigenvalue weighted by molar-refractivity contribution is 7.92. The van der Waals surface area contributed by atoms with Gasteiger partial charge in [-0.1, -0.05) is 0 Å². The van der Waals surface area contributed by atoms with Crippen LogP contribution in [-0.4, -0.2) is 41.9 Å². The number of aromatic amines is 1. The molecule has 0 spiro atoms. The number of sulfonamides is 1. The van der Waals surface area contributed by atoms with Crippen LogP contribution < -0.4 is 15.8 Å². The second-order valence-corrected chi connectivity index (χ2v) is 9.95. The zero-order valence-corrected chi connectivity index (χ0v) is 21.7. The lowest BCUT2D eigenvalue weighted by atomic mass is 10.0. The van der Waals surface area contributed by atoms with Gasteiger partial charge in [-0.15, -0.1) is 0 Å². The molecule has 0 fully saturated rings. The van der Waals surface area contributed by atoms with Gasteiger partial charge in [-0.05, 0) is 43.3 Å². The van der Waals surface area contributed by atoms with Gasteiger partial charge in [0.25, 0.3) is 10.0 Å². The number of aliphatic imine (C=N–C) groups is 1. The molecule has 214 valence electrons. The molecule has 0 amide bonds. The van der Waals surface area contributed by atoms with Gasteiger partial charge < -0.3 is 16.0 Å². The van der Waals surface area contributed by atoms with Gasteiger partial charge in [0.15, 0.2) is 5.82 Å². The first-order chi connectivity index (χ1) is 19.4. The van der Waals surface area contributed by atoms with Crippen molar-refractivity contribution in [1.29, 1.82) is 0 Å². The Hall–Kier alpha value is -4.86. The second kappa shape index (κ2) is 11.3. The first-order valence-electron chi connectivity index (χ1n) is 11.6. The van der Waals surface area contributed by atoms with Gasteiger partial charge in [-0.2, -0.15) is 13.2 Å². The predicted octanol–water partition coefficient (Wildman–Crippen LogP) is 4.59. The van der Waals surface area contributed by atoms with E-state index in [0.717, 1.165) is 12.3 Å². The highest BCUT2D eigenvalue weighted by Gasteiger charge is 2.31. The minimum atomic E-state index is -4.71. The Balaban J connectivity index is 1.72. The minimum absolute atomic E-state index is 0.0521. The molecule has 0 saturated carbocycles. The topological polar surface area (TPSA) is 155 Å². The van der Waals surface area contributed by atoms with Crippen molar-refractivity contribution >= 4 is 44.6 Å². The van der Waals surface area contributed by atoms with E-state index in [1.54, 1.807) is 6.92 Å². The molecule has 0 aliphatic heterocycles. The molecule has 41 heavy (non-hydrogen) atoms. The SMILES string of the molecule is CCN=CC(=CN)Nc1ncnc2[nH]cc(C(=O)c3c(F)ccc(NS(=O)(=O)c4ccc(C(F)(F)F)cc4)c3F)c12. The predicted molar refractivity (Wildman–Crippen MR) is 141 cm³/mol. The second-order valence-electron chi connectivity index (χ2n) is 8.26. The molecule has 0 aliphatic carbocycles. The molecular weight excluding hydrogens is 573 g/mol. The van der Waals surface area contributed by atoms with Crippen LogP contribution >= 0.6 is 0 Å². The van der Waals surface area contributed by atoms with Crippen LogP contribution in [-0.2, 0) is 16.2 Å². The van der Waals surface area contributed by atoms with Crippen molar-refractivity contribution in [3.05, 3.63) is 89.1 Å². The van der Waals surface area contributed by atoms with Crippen molar-refractivity contribution in [1.82, 2.24) is 15.0 Å². The highest BCUT2D eigenvalue weighted by Crippen LogP contribution is 2.32. The van der Waals surface area contributed by atoms with Gasteiger partial charge in [0.05, 0.1) is 38.4 Å². The number of anilines is 2. The van der Waals surface area contributed by atoms with Gasteiger partial charge in [-0.25, -0.2) is 27.2 Å². The number of allylic oxidation sites excluding steroid dienone is 1. The van der Waals surface area contributed by atoms with E-state index >= 15 is 4.39 Å². The van der Waals surface area contributed by atoms with Gasteiger partial charge in [-0.3, -0.25) is 14.5 Å². The van der Waals surface area contributed by atoms with E-state index in [1.165, 1.54) is 18.7 Å². The molecule has 0 radical (unpaired) electrons. The summed E-state index contributed by atoms with van der Waals surface area (Å²) in [6.45, 7) is 2.24. The number of rotatable bonds is 9. The van der Waals surface area contributed by atoms with Gasteiger partial charge in [0.1, 0.15) is 23.6 Å². The summed E-state index contributed by atoms with van der Waals surface area (Å²) in [6.07, 6.45) is 0.206. The molecule has 0 aliphatic rings. The minimum Gasteiger partial charge on any atom is -0.403 e. The number of aromatic nitrogens is 3. The van der Waals surface area contributed by atoms with Crippen LogP contribution in [0.2, 0.25) is 0 Å². The third kappa shape index (κ3) is 6.01. The van der Waals surface area contributed by atoms with Crippen LogP contribution in [0.4, 0.5) is 33.5 Å². The van der Waals surface area contributed by atoms with Crippen molar-refractivity contribution < 1.29 is 35.2 Å². The van der Waals surface area contributed by atoms with Crippen molar-refractivity contribution in [2.24, 2.45) is 10.7 Å². The van der Waals surface area contributed by atoms with Crippen molar-refractivity contribution in [2.45, 2.75) is 18.0 Å². The summed E-state index contributed by atoms with van der Waals surface area (Å²) in [7, 11) is -4.63.